The van der Waals surface area contributed by atoms with Crippen LogP contribution >= 0.6 is 43.2 Å². The smallest absolute Gasteiger partial charge is 0.256 e. The largest absolute Gasteiger partial charge is 0.336 e. The first kappa shape index (κ1) is 13.5. The Bertz CT molecular complexity index is 435. The van der Waals surface area contributed by atoms with Crippen molar-refractivity contribution in [3.8, 4) is 0 Å². The minimum Gasteiger partial charge on any atom is -0.336 e. The third-order valence-corrected chi connectivity index (χ3v) is 5.48. The number of carbonyl (C=O) groups excluding carboxylic acids is 1. The zero-order valence-electron chi connectivity index (χ0n) is 9.45. The molecule has 0 spiro atoms. The summed E-state index contributed by atoms with van der Waals surface area (Å²) < 4.78 is 1.85. The lowest BCUT2D eigenvalue weighted by molar-refractivity contribution is 0.0743. The van der Waals surface area contributed by atoms with Gasteiger partial charge in [-0.15, -0.1) is 11.3 Å². The van der Waals surface area contributed by atoms with E-state index in [1.165, 1.54) is 11.3 Å². The summed E-state index contributed by atoms with van der Waals surface area (Å²) in [6, 6.07) is 2.15. The van der Waals surface area contributed by atoms with Crippen LogP contribution in [0.25, 0.3) is 0 Å². The molecule has 0 aliphatic carbocycles. The predicted octanol–water partition coefficient (Wildman–Crippen LogP) is 3.08. The Labute approximate surface area is 122 Å². The second-order valence-electron chi connectivity index (χ2n) is 4.38. The predicted molar refractivity (Wildman–Crippen MR) is 77.4 cm³/mol. The Kier molecular flexibility index (Phi) is 4.28. The van der Waals surface area contributed by atoms with Gasteiger partial charge in [0.15, 0.2) is 0 Å². The maximum Gasteiger partial charge on any atom is 0.256 e. The van der Waals surface area contributed by atoms with E-state index in [9.17, 15) is 4.79 Å². The maximum atomic E-state index is 12.4. The van der Waals surface area contributed by atoms with Crippen molar-refractivity contribution in [3.63, 3.8) is 0 Å². The third-order valence-electron chi connectivity index (χ3n) is 3.14. The molecule has 94 valence electrons. The Balaban J connectivity index is 2.18. The number of halogens is 2. The zero-order valence-corrected chi connectivity index (χ0v) is 13.4. The van der Waals surface area contributed by atoms with E-state index in [1.54, 1.807) is 0 Å². The number of rotatable bonds is 2. The number of likely N-dealkylation sites (tertiary alicyclic amines) is 1. The summed E-state index contributed by atoms with van der Waals surface area (Å²) in [5.74, 6) is 0.539. The van der Waals surface area contributed by atoms with Crippen molar-refractivity contribution < 1.29 is 4.79 Å². The number of amides is 1. The van der Waals surface area contributed by atoms with Crippen LogP contribution in [0.2, 0.25) is 0 Å². The van der Waals surface area contributed by atoms with Gasteiger partial charge in [0.2, 0.25) is 0 Å². The monoisotopic (exact) mass is 380 g/mol. The number of nitrogens with zero attached hydrogens (tertiary/aromatic N) is 1. The normalized spacial score (nSPS) is 24.4. The molecule has 1 fully saturated rings. The lowest BCUT2D eigenvalue weighted by atomic mass is 10.1. The average molecular weight is 382 g/mol. The van der Waals surface area contributed by atoms with Crippen LogP contribution in [-0.4, -0.2) is 29.9 Å². The Morgan fingerprint density at radius 3 is 2.82 bits per heavy atom. The fourth-order valence-electron chi connectivity index (χ4n) is 2.24. The van der Waals surface area contributed by atoms with Gasteiger partial charge in [-0.05, 0) is 63.7 Å². The second kappa shape index (κ2) is 5.38. The molecular formula is C11H14Br2N2OS. The molecule has 1 aromatic heterocycles. The van der Waals surface area contributed by atoms with E-state index in [-0.39, 0.29) is 11.9 Å². The first-order valence-electron chi connectivity index (χ1n) is 5.48. The van der Waals surface area contributed by atoms with Crippen molar-refractivity contribution in [2.75, 3.05) is 13.1 Å². The molecule has 2 unspecified atom stereocenters. The highest BCUT2D eigenvalue weighted by Gasteiger charge is 2.33. The molecule has 0 saturated carbocycles. The Hall–Kier alpha value is 0.0900. The summed E-state index contributed by atoms with van der Waals surface area (Å²) in [6.07, 6.45) is 1.01. The van der Waals surface area contributed by atoms with Crippen molar-refractivity contribution in [2.45, 2.75) is 19.4 Å². The number of hydrogen-bond acceptors (Lipinski definition) is 3. The highest BCUT2D eigenvalue weighted by molar-refractivity contribution is 9.12. The van der Waals surface area contributed by atoms with Gasteiger partial charge < -0.3 is 10.6 Å². The van der Waals surface area contributed by atoms with E-state index >= 15 is 0 Å². The highest BCUT2D eigenvalue weighted by atomic mass is 79.9. The molecule has 17 heavy (non-hydrogen) atoms. The van der Waals surface area contributed by atoms with Gasteiger partial charge >= 0.3 is 0 Å². The van der Waals surface area contributed by atoms with Crippen LogP contribution in [-0.2, 0) is 0 Å². The SMILES string of the molecule is CC1CC(CN)CN1C(=O)c1cc(Br)sc1Br. The van der Waals surface area contributed by atoms with E-state index in [0.29, 0.717) is 12.5 Å². The van der Waals surface area contributed by atoms with Gasteiger partial charge in [0.1, 0.15) is 0 Å². The van der Waals surface area contributed by atoms with Gasteiger partial charge in [0.25, 0.3) is 5.91 Å². The standard InChI is InChI=1S/C11H14Br2N2OS/c1-6-2-7(4-14)5-15(6)11(16)8-3-9(12)17-10(8)13/h3,6-7H,2,4-5,14H2,1H3. The molecule has 0 radical (unpaired) electrons. The van der Waals surface area contributed by atoms with Crippen LogP contribution in [0, 0.1) is 5.92 Å². The number of hydrogen-bond donors (Lipinski definition) is 1. The van der Waals surface area contributed by atoms with Gasteiger partial charge in [-0.1, -0.05) is 0 Å². The van der Waals surface area contributed by atoms with Crippen LogP contribution in [0.15, 0.2) is 13.6 Å². The Morgan fingerprint density at radius 2 is 2.35 bits per heavy atom. The van der Waals surface area contributed by atoms with Crippen molar-refractivity contribution in [2.24, 2.45) is 11.7 Å². The summed E-state index contributed by atoms with van der Waals surface area (Å²) in [6.45, 7) is 3.52. The molecular weight excluding hydrogens is 368 g/mol. The van der Waals surface area contributed by atoms with Crippen molar-refractivity contribution in [1.82, 2.24) is 4.90 Å². The first-order chi connectivity index (χ1) is 8.02. The molecule has 2 N–H and O–H groups in total. The molecule has 2 rings (SSSR count). The maximum absolute atomic E-state index is 12.4. The summed E-state index contributed by atoms with van der Waals surface area (Å²) in [5.41, 5.74) is 6.42. The summed E-state index contributed by atoms with van der Waals surface area (Å²) in [4.78, 5) is 14.3. The minimum atomic E-state index is 0.0993. The molecule has 1 amide bonds. The van der Waals surface area contributed by atoms with Crippen LogP contribution in [0.5, 0.6) is 0 Å². The van der Waals surface area contributed by atoms with Crippen LogP contribution in [0.1, 0.15) is 23.7 Å². The summed E-state index contributed by atoms with van der Waals surface area (Å²) >= 11 is 8.36. The van der Waals surface area contributed by atoms with E-state index < -0.39 is 0 Å². The fraction of sp³-hybridized carbons (Fsp3) is 0.545. The highest BCUT2D eigenvalue weighted by Crippen LogP contribution is 2.34. The molecule has 6 heteroatoms. The molecule has 1 aliphatic rings. The van der Waals surface area contributed by atoms with Gasteiger partial charge in [-0.25, -0.2) is 0 Å². The summed E-state index contributed by atoms with van der Waals surface area (Å²) in [5, 5.41) is 0. The van der Waals surface area contributed by atoms with E-state index in [1.807, 2.05) is 11.0 Å². The van der Waals surface area contributed by atoms with Gasteiger partial charge in [0.05, 0.1) is 13.1 Å². The van der Waals surface area contributed by atoms with Crippen LogP contribution in [0.3, 0.4) is 0 Å². The minimum absolute atomic E-state index is 0.0993. The third kappa shape index (κ3) is 2.75. The van der Waals surface area contributed by atoms with E-state index in [2.05, 4.69) is 38.8 Å². The lowest BCUT2D eigenvalue weighted by Gasteiger charge is -2.21. The quantitative estimate of drug-likeness (QED) is 0.855. The van der Waals surface area contributed by atoms with Crippen molar-refractivity contribution in [1.29, 1.82) is 0 Å². The molecule has 1 aromatic rings. The fourth-order valence-corrected chi connectivity index (χ4v) is 5.01. The molecule has 3 nitrogen and oxygen atoms in total. The van der Waals surface area contributed by atoms with Crippen LogP contribution in [0.4, 0.5) is 0 Å². The van der Waals surface area contributed by atoms with Crippen LogP contribution < -0.4 is 5.73 Å². The number of nitrogens with two attached hydrogens (primary N) is 1. The van der Waals surface area contributed by atoms with E-state index in [0.717, 1.165) is 26.1 Å². The molecule has 2 heterocycles. The first-order valence-corrected chi connectivity index (χ1v) is 7.89. The topological polar surface area (TPSA) is 46.3 Å². The summed E-state index contributed by atoms with van der Waals surface area (Å²) in [7, 11) is 0. The molecule has 0 aromatic carbocycles. The van der Waals surface area contributed by atoms with Crippen molar-refractivity contribution in [3.05, 3.63) is 19.2 Å². The average Bonchev–Trinajstić information content (AvgIpc) is 2.81. The van der Waals surface area contributed by atoms with Gasteiger partial charge in [0, 0.05) is 12.6 Å². The Morgan fingerprint density at radius 1 is 1.65 bits per heavy atom. The molecule has 2 atom stereocenters. The molecule has 0 bridgehead atoms. The molecule has 1 aliphatic heterocycles. The second-order valence-corrected chi connectivity index (χ2v) is 8.13. The zero-order chi connectivity index (χ0) is 12.6. The van der Waals surface area contributed by atoms with Crippen molar-refractivity contribution >= 4 is 49.1 Å². The van der Waals surface area contributed by atoms with E-state index in [4.69, 9.17) is 5.73 Å². The van der Waals surface area contributed by atoms with Gasteiger partial charge in [-0.2, -0.15) is 0 Å². The molecule has 1 saturated heterocycles. The number of thiophene rings is 1. The number of carbonyl (C=O) groups is 1. The van der Waals surface area contributed by atoms with Gasteiger partial charge in [-0.3, -0.25) is 4.79 Å². The lowest BCUT2D eigenvalue weighted by Crippen LogP contribution is -2.34.